The van der Waals surface area contributed by atoms with Crippen molar-refractivity contribution in [1.29, 1.82) is 0 Å². The van der Waals surface area contributed by atoms with E-state index in [0.717, 1.165) is 12.4 Å². The van der Waals surface area contributed by atoms with Crippen LogP contribution in [0.5, 0.6) is 0 Å². The third kappa shape index (κ3) is 1.49. The van der Waals surface area contributed by atoms with Crippen molar-refractivity contribution < 1.29 is 0 Å². The topological polar surface area (TPSA) is 24.4 Å². The summed E-state index contributed by atoms with van der Waals surface area (Å²) in [5.74, 6) is 1.70. The molecule has 0 atom stereocenters. The molecule has 0 radical (unpaired) electrons. The molecule has 0 spiro atoms. The van der Waals surface area contributed by atoms with E-state index in [1.807, 2.05) is 0 Å². The summed E-state index contributed by atoms with van der Waals surface area (Å²) >= 11 is 0. The third-order valence-corrected chi connectivity index (χ3v) is 1.66. The van der Waals surface area contributed by atoms with Crippen LogP contribution in [0.4, 0.5) is 0 Å². The molecule has 1 heterocycles. The number of nitrogens with zero attached hydrogens (tertiary/aromatic N) is 1. The van der Waals surface area contributed by atoms with Crippen LogP contribution in [0, 0.1) is 5.92 Å². The van der Waals surface area contributed by atoms with Crippen molar-refractivity contribution in [3.8, 4) is 0 Å². The molecule has 2 nitrogen and oxygen atoms in total. The molecule has 0 amide bonds. The molecule has 1 aliphatic rings. The van der Waals surface area contributed by atoms with E-state index in [1.54, 1.807) is 0 Å². The van der Waals surface area contributed by atoms with Gasteiger partial charge in [0.2, 0.25) is 0 Å². The first kappa shape index (κ1) is 7.58. The molecular weight excluding hydrogens is 124 g/mol. The fourth-order valence-electron chi connectivity index (χ4n) is 1.04. The molecule has 0 aliphatic carbocycles. The minimum absolute atomic E-state index is 0.194. The van der Waals surface area contributed by atoms with Gasteiger partial charge in [0, 0.05) is 5.92 Å². The van der Waals surface area contributed by atoms with Crippen LogP contribution in [0.1, 0.15) is 27.7 Å². The highest BCUT2D eigenvalue weighted by atomic mass is 15.1. The standard InChI is InChI=1S/C8H16N2/c1-6(2)7-9-5-8(3,4)10-7/h6H,5H2,1-4H3,(H,9,10). The number of nitrogens with one attached hydrogen (secondary N) is 1. The summed E-state index contributed by atoms with van der Waals surface area (Å²) in [6.07, 6.45) is 0. The second-order valence-corrected chi connectivity index (χ2v) is 3.87. The molecule has 0 unspecified atom stereocenters. The molecular formula is C8H16N2. The Kier molecular flexibility index (Phi) is 1.71. The molecule has 10 heavy (non-hydrogen) atoms. The van der Waals surface area contributed by atoms with Crippen LogP contribution in [-0.2, 0) is 0 Å². The van der Waals surface area contributed by atoms with Crippen molar-refractivity contribution in [1.82, 2.24) is 5.32 Å². The second kappa shape index (κ2) is 2.26. The average molecular weight is 140 g/mol. The lowest BCUT2D eigenvalue weighted by molar-refractivity contribution is 0.501. The van der Waals surface area contributed by atoms with E-state index in [9.17, 15) is 0 Å². The highest BCUT2D eigenvalue weighted by Crippen LogP contribution is 2.12. The number of hydrogen-bond acceptors (Lipinski definition) is 2. The van der Waals surface area contributed by atoms with Gasteiger partial charge in [0.25, 0.3) is 0 Å². The van der Waals surface area contributed by atoms with Crippen LogP contribution in [0.15, 0.2) is 4.99 Å². The van der Waals surface area contributed by atoms with E-state index < -0.39 is 0 Å². The van der Waals surface area contributed by atoms with Gasteiger partial charge in [0.05, 0.1) is 17.9 Å². The van der Waals surface area contributed by atoms with Crippen LogP contribution < -0.4 is 5.32 Å². The van der Waals surface area contributed by atoms with Gasteiger partial charge in [-0.25, -0.2) is 0 Å². The first-order chi connectivity index (χ1) is 4.51. The Morgan fingerprint density at radius 2 is 2.10 bits per heavy atom. The van der Waals surface area contributed by atoms with Gasteiger partial charge in [-0.05, 0) is 13.8 Å². The Labute approximate surface area is 62.7 Å². The van der Waals surface area contributed by atoms with E-state index in [-0.39, 0.29) is 5.54 Å². The van der Waals surface area contributed by atoms with E-state index in [2.05, 4.69) is 38.0 Å². The molecule has 0 saturated heterocycles. The van der Waals surface area contributed by atoms with E-state index in [4.69, 9.17) is 0 Å². The van der Waals surface area contributed by atoms with Crippen molar-refractivity contribution in [2.45, 2.75) is 33.2 Å². The molecule has 1 N–H and O–H groups in total. The van der Waals surface area contributed by atoms with Gasteiger partial charge in [-0.2, -0.15) is 0 Å². The predicted molar refractivity (Wildman–Crippen MR) is 44.4 cm³/mol. The maximum absolute atomic E-state index is 4.39. The zero-order valence-corrected chi connectivity index (χ0v) is 7.23. The highest BCUT2D eigenvalue weighted by Gasteiger charge is 2.25. The smallest absolute Gasteiger partial charge is 0.0994 e. The highest BCUT2D eigenvalue weighted by molar-refractivity contribution is 5.86. The summed E-state index contributed by atoms with van der Waals surface area (Å²) in [5.41, 5.74) is 0.194. The van der Waals surface area contributed by atoms with Gasteiger partial charge in [0.15, 0.2) is 0 Å². The lowest BCUT2D eigenvalue weighted by Gasteiger charge is -2.19. The Hall–Kier alpha value is -0.530. The van der Waals surface area contributed by atoms with Crippen LogP contribution >= 0.6 is 0 Å². The van der Waals surface area contributed by atoms with Gasteiger partial charge >= 0.3 is 0 Å². The summed E-state index contributed by atoms with van der Waals surface area (Å²) in [6, 6.07) is 0. The number of hydrogen-bond donors (Lipinski definition) is 1. The summed E-state index contributed by atoms with van der Waals surface area (Å²) < 4.78 is 0. The Morgan fingerprint density at radius 1 is 1.50 bits per heavy atom. The minimum atomic E-state index is 0.194. The first-order valence-electron chi connectivity index (χ1n) is 3.84. The molecule has 0 saturated carbocycles. The van der Waals surface area contributed by atoms with Gasteiger partial charge in [-0.1, -0.05) is 13.8 Å². The quantitative estimate of drug-likeness (QED) is 0.585. The van der Waals surface area contributed by atoms with Crippen molar-refractivity contribution in [3.05, 3.63) is 0 Å². The van der Waals surface area contributed by atoms with Gasteiger partial charge in [-0.3, -0.25) is 4.99 Å². The predicted octanol–water partition coefficient (Wildman–Crippen LogP) is 1.42. The summed E-state index contributed by atoms with van der Waals surface area (Å²) in [6.45, 7) is 9.58. The van der Waals surface area contributed by atoms with Gasteiger partial charge in [-0.15, -0.1) is 0 Å². The number of rotatable bonds is 1. The monoisotopic (exact) mass is 140 g/mol. The summed E-state index contributed by atoms with van der Waals surface area (Å²) in [4.78, 5) is 4.39. The first-order valence-corrected chi connectivity index (χ1v) is 3.84. The van der Waals surface area contributed by atoms with E-state index in [0.29, 0.717) is 5.92 Å². The summed E-state index contributed by atoms with van der Waals surface area (Å²) in [5, 5.41) is 3.38. The molecule has 0 aromatic carbocycles. The van der Waals surface area contributed by atoms with Crippen LogP contribution in [-0.4, -0.2) is 17.9 Å². The molecule has 0 aromatic heterocycles. The third-order valence-electron chi connectivity index (χ3n) is 1.66. The largest absolute Gasteiger partial charge is 0.367 e. The van der Waals surface area contributed by atoms with Crippen LogP contribution in [0.2, 0.25) is 0 Å². The average Bonchev–Trinajstić information content (AvgIpc) is 2.10. The van der Waals surface area contributed by atoms with Gasteiger partial charge < -0.3 is 5.32 Å². The number of aliphatic imine (C=N–C) groups is 1. The van der Waals surface area contributed by atoms with Crippen LogP contribution in [0.3, 0.4) is 0 Å². The molecule has 0 fully saturated rings. The van der Waals surface area contributed by atoms with Crippen molar-refractivity contribution in [2.24, 2.45) is 10.9 Å². The second-order valence-electron chi connectivity index (χ2n) is 3.87. The lowest BCUT2D eigenvalue weighted by Crippen LogP contribution is -2.41. The zero-order chi connectivity index (χ0) is 7.78. The molecule has 0 bridgehead atoms. The van der Waals surface area contributed by atoms with E-state index >= 15 is 0 Å². The lowest BCUT2D eigenvalue weighted by atomic mass is 10.1. The molecule has 2 heteroatoms. The van der Waals surface area contributed by atoms with E-state index in [1.165, 1.54) is 0 Å². The minimum Gasteiger partial charge on any atom is -0.367 e. The van der Waals surface area contributed by atoms with Crippen molar-refractivity contribution in [2.75, 3.05) is 6.54 Å². The summed E-state index contributed by atoms with van der Waals surface area (Å²) in [7, 11) is 0. The van der Waals surface area contributed by atoms with Crippen molar-refractivity contribution >= 4 is 5.84 Å². The molecule has 1 rings (SSSR count). The zero-order valence-electron chi connectivity index (χ0n) is 7.23. The fraction of sp³-hybridized carbons (Fsp3) is 0.875. The Morgan fingerprint density at radius 3 is 2.30 bits per heavy atom. The van der Waals surface area contributed by atoms with Crippen molar-refractivity contribution in [3.63, 3.8) is 0 Å². The maximum Gasteiger partial charge on any atom is 0.0994 e. The van der Waals surface area contributed by atoms with Gasteiger partial charge in [0.1, 0.15) is 0 Å². The Balaban J connectivity index is 2.55. The SMILES string of the molecule is CC(C)C1=NCC(C)(C)N1. The fourth-order valence-corrected chi connectivity index (χ4v) is 1.04. The van der Waals surface area contributed by atoms with Crippen LogP contribution in [0.25, 0.3) is 0 Å². The number of amidine groups is 1. The maximum atomic E-state index is 4.39. The Bertz CT molecular complexity index is 157. The normalized spacial score (nSPS) is 22.7. The molecule has 0 aromatic rings. The molecule has 58 valence electrons. The molecule has 1 aliphatic heterocycles.